The van der Waals surface area contributed by atoms with Crippen molar-refractivity contribution < 1.29 is 9.66 Å². The molecule has 0 saturated carbocycles. The topological polar surface area (TPSA) is 99.9 Å². The third-order valence-electron chi connectivity index (χ3n) is 3.13. The lowest BCUT2D eigenvalue weighted by Gasteiger charge is -2.04. The van der Waals surface area contributed by atoms with Crippen LogP contribution < -0.4 is 4.74 Å². The van der Waals surface area contributed by atoms with E-state index in [0.29, 0.717) is 22.3 Å². The molecule has 2 aromatic rings. The van der Waals surface area contributed by atoms with Gasteiger partial charge in [0.05, 0.1) is 35.3 Å². The molecule has 0 saturated heterocycles. The minimum Gasteiger partial charge on any atom is -0.490 e. The van der Waals surface area contributed by atoms with Gasteiger partial charge < -0.3 is 4.74 Å². The van der Waals surface area contributed by atoms with E-state index in [1.165, 1.54) is 25.3 Å². The van der Waals surface area contributed by atoms with Crippen LogP contribution in [-0.4, -0.2) is 12.0 Å². The second-order valence-corrected chi connectivity index (χ2v) is 4.55. The number of hydrogen-bond donors (Lipinski definition) is 0. The molecule has 112 valence electrons. The van der Waals surface area contributed by atoms with Crippen molar-refractivity contribution in [2.45, 2.75) is 0 Å². The highest BCUT2D eigenvalue weighted by molar-refractivity contribution is 5.90. The quantitative estimate of drug-likeness (QED) is 0.372. The monoisotopic (exact) mass is 305 g/mol. The molecule has 0 radical (unpaired) electrons. The minimum absolute atomic E-state index is 0.150. The van der Waals surface area contributed by atoms with Crippen LogP contribution >= 0.6 is 0 Å². The summed E-state index contributed by atoms with van der Waals surface area (Å²) in [7, 11) is 1.35. The van der Waals surface area contributed by atoms with Gasteiger partial charge in [0, 0.05) is 6.07 Å². The molecule has 0 atom stereocenters. The Morgan fingerprint density at radius 3 is 2.65 bits per heavy atom. The third kappa shape index (κ3) is 3.52. The molecule has 0 heterocycles. The van der Waals surface area contributed by atoms with Crippen molar-refractivity contribution in [3.8, 4) is 17.9 Å². The van der Waals surface area contributed by atoms with Gasteiger partial charge in [0.15, 0.2) is 5.75 Å². The summed E-state index contributed by atoms with van der Waals surface area (Å²) in [5.41, 5.74) is 1.64. The van der Waals surface area contributed by atoms with Crippen molar-refractivity contribution in [2.75, 3.05) is 7.11 Å². The van der Waals surface area contributed by atoms with Crippen molar-refractivity contribution >= 4 is 17.3 Å². The van der Waals surface area contributed by atoms with Gasteiger partial charge in [-0.1, -0.05) is 18.2 Å². The number of nitrogens with zero attached hydrogens (tertiary/aromatic N) is 3. The predicted molar refractivity (Wildman–Crippen MR) is 84.3 cm³/mol. The van der Waals surface area contributed by atoms with Gasteiger partial charge in [-0.05, 0) is 35.4 Å². The van der Waals surface area contributed by atoms with Crippen LogP contribution in [0.25, 0.3) is 11.6 Å². The van der Waals surface area contributed by atoms with Crippen molar-refractivity contribution in [3.05, 3.63) is 69.3 Å². The molecular weight excluding hydrogens is 294 g/mol. The third-order valence-corrected chi connectivity index (χ3v) is 3.13. The lowest BCUT2D eigenvalue weighted by molar-refractivity contribution is -0.385. The Balaban J connectivity index is 2.50. The lowest BCUT2D eigenvalue weighted by Crippen LogP contribution is -1.94. The van der Waals surface area contributed by atoms with E-state index in [4.69, 9.17) is 10.00 Å². The molecule has 2 rings (SSSR count). The van der Waals surface area contributed by atoms with Gasteiger partial charge in [0.25, 0.3) is 0 Å². The number of rotatable bonds is 4. The molecule has 0 bridgehead atoms. The van der Waals surface area contributed by atoms with Crippen molar-refractivity contribution in [3.63, 3.8) is 0 Å². The predicted octanol–water partition coefficient (Wildman–Crippen LogP) is 3.54. The molecule has 0 spiro atoms. The Hall–Kier alpha value is -3.64. The summed E-state index contributed by atoms with van der Waals surface area (Å²) in [6.45, 7) is 0. The second-order valence-electron chi connectivity index (χ2n) is 4.55. The van der Waals surface area contributed by atoms with Crippen LogP contribution in [0.15, 0.2) is 42.5 Å². The van der Waals surface area contributed by atoms with E-state index < -0.39 is 4.92 Å². The number of benzene rings is 2. The summed E-state index contributed by atoms with van der Waals surface area (Å²) in [4.78, 5) is 10.5. The molecule has 23 heavy (non-hydrogen) atoms. The van der Waals surface area contributed by atoms with Crippen LogP contribution in [0.4, 0.5) is 5.69 Å². The number of methoxy groups -OCH3 is 1. The first-order valence-corrected chi connectivity index (χ1v) is 6.54. The number of allylic oxidation sites excluding steroid dienone is 1. The molecule has 0 aromatic heterocycles. The van der Waals surface area contributed by atoms with Crippen molar-refractivity contribution in [2.24, 2.45) is 0 Å². The molecule has 0 aliphatic carbocycles. The largest absolute Gasteiger partial charge is 0.490 e. The Bertz CT molecular complexity index is 873. The fourth-order valence-electron chi connectivity index (χ4n) is 2.04. The minimum atomic E-state index is -0.543. The van der Waals surface area contributed by atoms with E-state index in [0.717, 1.165) is 0 Å². The zero-order valence-corrected chi connectivity index (χ0v) is 12.2. The molecule has 2 aromatic carbocycles. The molecule has 0 N–H and O–H groups in total. The molecule has 0 fully saturated rings. The Labute approximate surface area is 132 Å². The standard InChI is InChI=1S/C17H11N3O3/c1-23-17-6-5-12(9-16(17)20(21)22)7-15(11-19)14-4-2-3-13(8-14)10-18/h2-9H,1H3/b15-7-. The van der Waals surface area contributed by atoms with Crippen LogP contribution in [0.1, 0.15) is 16.7 Å². The van der Waals surface area contributed by atoms with Crippen LogP contribution in [-0.2, 0) is 0 Å². The highest BCUT2D eigenvalue weighted by atomic mass is 16.6. The van der Waals surface area contributed by atoms with E-state index in [-0.39, 0.29) is 11.4 Å². The SMILES string of the molecule is COc1ccc(/C=C(/C#N)c2cccc(C#N)c2)cc1[N+](=O)[O-]. The summed E-state index contributed by atoms with van der Waals surface area (Å²) in [5, 5.41) is 29.3. The fourth-order valence-corrected chi connectivity index (χ4v) is 2.04. The van der Waals surface area contributed by atoms with Crippen LogP contribution in [0.2, 0.25) is 0 Å². The molecule has 6 nitrogen and oxygen atoms in total. The summed E-state index contributed by atoms with van der Waals surface area (Å²) in [6, 6.07) is 15.1. The van der Waals surface area contributed by atoms with Gasteiger partial charge in [-0.2, -0.15) is 10.5 Å². The highest BCUT2D eigenvalue weighted by Crippen LogP contribution is 2.29. The van der Waals surface area contributed by atoms with E-state index in [9.17, 15) is 15.4 Å². The maximum absolute atomic E-state index is 11.0. The molecule has 0 aliphatic heterocycles. The summed E-state index contributed by atoms with van der Waals surface area (Å²) in [5.74, 6) is 0.150. The van der Waals surface area contributed by atoms with E-state index in [2.05, 4.69) is 0 Å². The maximum Gasteiger partial charge on any atom is 0.311 e. The number of nitriles is 2. The number of ether oxygens (including phenoxy) is 1. The van der Waals surface area contributed by atoms with Gasteiger partial charge in [-0.15, -0.1) is 0 Å². The van der Waals surface area contributed by atoms with Crippen molar-refractivity contribution in [1.29, 1.82) is 10.5 Å². The molecule has 0 unspecified atom stereocenters. The normalized spacial score (nSPS) is 10.5. The first-order chi connectivity index (χ1) is 11.1. The highest BCUT2D eigenvalue weighted by Gasteiger charge is 2.15. The number of nitro benzene ring substituents is 1. The first kappa shape index (κ1) is 15.7. The van der Waals surface area contributed by atoms with E-state index >= 15 is 0 Å². The van der Waals surface area contributed by atoms with Gasteiger partial charge in [0.2, 0.25) is 0 Å². The smallest absolute Gasteiger partial charge is 0.311 e. The lowest BCUT2D eigenvalue weighted by atomic mass is 10.0. The fraction of sp³-hybridized carbons (Fsp3) is 0.0588. The molecule has 0 aliphatic rings. The number of hydrogen-bond acceptors (Lipinski definition) is 5. The average Bonchev–Trinajstić information content (AvgIpc) is 2.59. The average molecular weight is 305 g/mol. The first-order valence-electron chi connectivity index (χ1n) is 6.54. The molecule has 6 heteroatoms. The van der Waals surface area contributed by atoms with Gasteiger partial charge in [-0.3, -0.25) is 10.1 Å². The maximum atomic E-state index is 11.0. The molecular formula is C17H11N3O3. The van der Waals surface area contributed by atoms with Crippen LogP contribution in [0.5, 0.6) is 5.75 Å². The molecule has 0 amide bonds. The van der Waals surface area contributed by atoms with Gasteiger partial charge in [0.1, 0.15) is 0 Å². The van der Waals surface area contributed by atoms with Crippen molar-refractivity contribution in [1.82, 2.24) is 0 Å². The van der Waals surface area contributed by atoms with E-state index in [1.54, 1.807) is 30.3 Å². The van der Waals surface area contributed by atoms with Gasteiger partial charge in [-0.25, -0.2) is 0 Å². The zero-order chi connectivity index (χ0) is 16.8. The van der Waals surface area contributed by atoms with Crippen LogP contribution in [0, 0.1) is 32.8 Å². The number of nitro groups is 1. The zero-order valence-electron chi connectivity index (χ0n) is 12.2. The Morgan fingerprint density at radius 1 is 1.26 bits per heavy atom. The Kier molecular flexibility index (Phi) is 4.71. The van der Waals surface area contributed by atoms with Gasteiger partial charge >= 0.3 is 5.69 Å². The summed E-state index contributed by atoms with van der Waals surface area (Å²) in [6.07, 6.45) is 1.53. The second kappa shape index (κ2) is 6.88. The van der Waals surface area contributed by atoms with Crippen LogP contribution in [0.3, 0.4) is 0 Å². The summed E-state index contributed by atoms with van der Waals surface area (Å²) < 4.78 is 4.94. The summed E-state index contributed by atoms with van der Waals surface area (Å²) >= 11 is 0. The van der Waals surface area contributed by atoms with E-state index in [1.807, 2.05) is 12.1 Å². The Morgan fingerprint density at radius 2 is 2.04 bits per heavy atom.